The first-order valence-corrected chi connectivity index (χ1v) is 4.95. The zero-order valence-electron chi connectivity index (χ0n) is 7.31. The molecule has 0 aliphatic heterocycles. The van der Waals surface area contributed by atoms with Gasteiger partial charge in [0.1, 0.15) is 5.82 Å². The second-order valence-corrected chi connectivity index (χ2v) is 3.63. The van der Waals surface area contributed by atoms with Crippen molar-refractivity contribution in [1.29, 1.82) is 0 Å². The van der Waals surface area contributed by atoms with Crippen LogP contribution in [0.5, 0.6) is 0 Å². The molecule has 0 radical (unpaired) electrons. The van der Waals surface area contributed by atoms with Crippen LogP contribution in [0.2, 0.25) is 0 Å². The maximum absolute atomic E-state index is 13.3. The minimum atomic E-state index is -0.845. The molecule has 0 saturated heterocycles. The van der Waals surface area contributed by atoms with Crippen molar-refractivity contribution in [2.24, 2.45) is 0 Å². The predicted octanol–water partition coefficient (Wildman–Crippen LogP) is 2.75. The Morgan fingerprint density at radius 1 is 1.50 bits per heavy atom. The van der Waals surface area contributed by atoms with Crippen LogP contribution >= 0.6 is 22.6 Å². The Morgan fingerprint density at radius 3 is 2.71 bits per heavy atom. The molecular weight excluding hydrogens is 305 g/mol. The Kier molecular flexibility index (Phi) is 3.79. The first-order chi connectivity index (χ1) is 6.56. The first-order valence-electron chi connectivity index (χ1n) is 3.88. The molecule has 1 aromatic rings. The van der Waals surface area contributed by atoms with E-state index in [2.05, 4.69) is 4.74 Å². The molecule has 0 bridgehead atoms. The Bertz CT molecular complexity index is 366. The average molecular weight is 312 g/mol. The number of carbonyl (C=O) groups is 1. The van der Waals surface area contributed by atoms with Crippen molar-refractivity contribution in [3.8, 4) is 0 Å². The quantitative estimate of drug-likeness (QED) is 0.477. The summed E-state index contributed by atoms with van der Waals surface area (Å²) in [4.78, 5) is 11.1. The molecule has 0 N–H and O–H groups in total. The highest BCUT2D eigenvalue weighted by Gasteiger charge is 2.16. The normalized spacial score (nSPS) is 10.0. The van der Waals surface area contributed by atoms with Crippen LogP contribution in [0, 0.1) is 15.2 Å². The molecule has 0 aliphatic rings. The van der Waals surface area contributed by atoms with Gasteiger partial charge >= 0.3 is 5.97 Å². The van der Waals surface area contributed by atoms with E-state index >= 15 is 0 Å². The third kappa shape index (κ3) is 2.40. The number of esters is 1. The van der Waals surface area contributed by atoms with E-state index in [1.807, 2.05) is 0 Å². The summed E-state index contributed by atoms with van der Waals surface area (Å²) in [6, 6.07) is 1.84. The maximum Gasteiger partial charge on any atom is 0.341 e. The molecule has 14 heavy (non-hydrogen) atoms. The fourth-order valence-electron chi connectivity index (χ4n) is 0.913. The second-order valence-electron chi connectivity index (χ2n) is 2.47. The van der Waals surface area contributed by atoms with E-state index in [-0.39, 0.29) is 15.7 Å². The number of halogens is 3. The van der Waals surface area contributed by atoms with Gasteiger partial charge in [0, 0.05) is 0 Å². The minimum Gasteiger partial charge on any atom is -0.462 e. The van der Waals surface area contributed by atoms with Crippen LogP contribution in [-0.4, -0.2) is 12.6 Å². The van der Waals surface area contributed by atoms with Crippen LogP contribution in [0.4, 0.5) is 8.78 Å². The summed E-state index contributed by atoms with van der Waals surface area (Å²) in [6.45, 7) is 1.73. The van der Waals surface area contributed by atoms with Gasteiger partial charge in [0.2, 0.25) is 0 Å². The van der Waals surface area contributed by atoms with E-state index in [0.717, 1.165) is 12.1 Å². The van der Waals surface area contributed by atoms with Gasteiger partial charge in [0.25, 0.3) is 0 Å². The van der Waals surface area contributed by atoms with Gasteiger partial charge in [0.05, 0.1) is 15.7 Å². The van der Waals surface area contributed by atoms with Crippen LogP contribution in [0.15, 0.2) is 12.1 Å². The number of benzene rings is 1. The summed E-state index contributed by atoms with van der Waals surface area (Å²) in [5.74, 6) is -2.24. The molecule has 0 atom stereocenters. The minimum absolute atomic E-state index is 0.0608. The van der Waals surface area contributed by atoms with Crippen molar-refractivity contribution in [3.63, 3.8) is 0 Å². The molecule has 2 nitrogen and oxygen atoms in total. The van der Waals surface area contributed by atoms with Crippen LogP contribution in [0.25, 0.3) is 0 Å². The van der Waals surface area contributed by atoms with Gasteiger partial charge in [-0.1, -0.05) is 0 Å². The third-order valence-corrected chi connectivity index (χ3v) is 2.27. The molecule has 0 saturated carbocycles. The van der Waals surface area contributed by atoms with Crippen LogP contribution in [0.1, 0.15) is 17.3 Å². The third-order valence-electron chi connectivity index (χ3n) is 1.49. The van der Waals surface area contributed by atoms with Gasteiger partial charge in [-0.05, 0) is 41.6 Å². The van der Waals surface area contributed by atoms with E-state index in [0.29, 0.717) is 0 Å². The fraction of sp³-hybridized carbons (Fsp3) is 0.222. The molecule has 0 amide bonds. The largest absolute Gasteiger partial charge is 0.462 e. The van der Waals surface area contributed by atoms with Gasteiger partial charge < -0.3 is 4.74 Å². The fourth-order valence-corrected chi connectivity index (χ4v) is 1.50. The van der Waals surface area contributed by atoms with E-state index in [1.165, 1.54) is 0 Å². The van der Waals surface area contributed by atoms with Crippen molar-refractivity contribution in [3.05, 3.63) is 32.9 Å². The molecular formula is C9H7F2IO2. The number of hydrogen-bond acceptors (Lipinski definition) is 2. The lowest BCUT2D eigenvalue weighted by atomic mass is 10.2. The lowest BCUT2D eigenvalue weighted by Gasteiger charge is -2.04. The number of ether oxygens (including phenoxy) is 1. The summed E-state index contributed by atoms with van der Waals surface area (Å²) in [6.07, 6.45) is 0. The highest BCUT2D eigenvalue weighted by molar-refractivity contribution is 14.1. The smallest absolute Gasteiger partial charge is 0.341 e. The topological polar surface area (TPSA) is 26.3 Å². The molecule has 0 aliphatic carbocycles. The Hall–Kier alpha value is -0.720. The average Bonchev–Trinajstić information content (AvgIpc) is 2.11. The second kappa shape index (κ2) is 4.68. The predicted molar refractivity (Wildman–Crippen MR) is 55.0 cm³/mol. The Morgan fingerprint density at radius 2 is 2.14 bits per heavy atom. The molecule has 0 heterocycles. The zero-order chi connectivity index (χ0) is 10.7. The van der Waals surface area contributed by atoms with E-state index in [4.69, 9.17) is 0 Å². The highest BCUT2D eigenvalue weighted by atomic mass is 127. The molecule has 5 heteroatoms. The number of hydrogen-bond donors (Lipinski definition) is 0. The molecule has 76 valence electrons. The summed E-state index contributed by atoms with van der Waals surface area (Å²) in [5.41, 5.74) is -0.365. The van der Waals surface area contributed by atoms with E-state index < -0.39 is 17.6 Å². The maximum atomic E-state index is 13.3. The van der Waals surface area contributed by atoms with Crippen molar-refractivity contribution in [1.82, 2.24) is 0 Å². The van der Waals surface area contributed by atoms with Crippen molar-refractivity contribution < 1.29 is 18.3 Å². The standard InChI is InChI=1S/C9H7F2IO2/c1-2-14-9(13)6-3-5(10)4-7(12)8(6)11/h3-4H,2H2,1H3. The molecule has 0 aromatic heterocycles. The molecule has 1 rings (SSSR count). The SMILES string of the molecule is CCOC(=O)c1cc(F)cc(I)c1F. The molecule has 0 unspecified atom stereocenters. The number of rotatable bonds is 2. The van der Waals surface area contributed by atoms with Crippen molar-refractivity contribution in [2.45, 2.75) is 6.92 Å². The monoisotopic (exact) mass is 312 g/mol. The van der Waals surface area contributed by atoms with Gasteiger partial charge in [-0.3, -0.25) is 0 Å². The van der Waals surface area contributed by atoms with Gasteiger partial charge in [0.15, 0.2) is 5.82 Å². The van der Waals surface area contributed by atoms with Crippen LogP contribution < -0.4 is 0 Å². The summed E-state index contributed by atoms with van der Waals surface area (Å²) in [7, 11) is 0. The summed E-state index contributed by atoms with van der Waals surface area (Å²) in [5, 5.41) is 0. The van der Waals surface area contributed by atoms with Crippen LogP contribution in [-0.2, 0) is 4.74 Å². The van der Waals surface area contributed by atoms with Crippen molar-refractivity contribution >= 4 is 28.6 Å². The molecule has 0 fully saturated rings. The first kappa shape index (κ1) is 11.4. The Balaban J connectivity index is 3.13. The highest BCUT2D eigenvalue weighted by Crippen LogP contribution is 2.18. The molecule has 1 aromatic carbocycles. The summed E-state index contributed by atoms with van der Waals surface area (Å²) < 4.78 is 30.7. The Labute approximate surface area is 93.4 Å². The summed E-state index contributed by atoms with van der Waals surface area (Å²) >= 11 is 1.61. The van der Waals surface area contributed by atoms with Crippen molar-refractivity contribution in [2.75, 3.05) is 6.61 Å². The zero-order valence-corrected chi connectivity index (χ0v) is 9.47. The molecule has 0 spiro atoms. The van der Waals surface area contributed by atoms with Gasteiger partial charge in [-0.2, -0.15) is 0 Å². The van der Waals surface area contributed by atoms with Crippen LogP contribution in [0.3, 0.4) is 0 Å². The van der Waals surface area contributed by atoms with Gasteiger partial charge in [-0.25, -0.2) is 13.6 Å². The number of carbonyl (C=O) groups excluding carboxylic acids is 1. The van der Waals surface area contributed by atoms with E-state index in [1.54, 1.807) is 29.5 Å². The lowest BCUT2D eigenvalue weighted by Crippen LogP contribution is -2.08. The van der Waals surface area contributed by atoms with E-state index in [9.17, 15) is 13.6 Å². The lowest BCUT2D eigenvalue weighted by molar-refractivity contribution is 0.0520. The van der Waals surface area contributed by atoms with Gasteiger partial charge in [-0.15, -0.1) is 0 Å².